The fourth-order valence-corrected chi connectivity index (χ4v) is 2.26. The van der Waals surface area contributed by atoms with Crippen LogP contribution in [-0.2, 0) is 4.74 Å². The van der Waals surface area contributed by atoms with Gasteiger partial charge in [-0.15, -0.1) is 0 Å². The lowest BCUT2D eigenvalue weighted by atomic mass is 9.93. The molecule has 108 valence electrons. The number of rotatable bonds is 3. The van der Waals surface area contributed by atoms with E-state index >= 15 is 0 Å². The highest BCUT2D eigenvalue weighted by Gasteiger charge is 2.22. The molecule has 1 aliphatic carbocycles. The van der Waals surface area contributed by atoms with Crippen molar-refractivity contribution in [3.8, 4) is 0 Å². The number of nitrogens with zero attached hydrogens (tertiary/aromatic N) is 1. The largest absolute Gasteiger partial charge is 0.464 e. The molecule has 1 heterocycles. The van der Waals surface area contributed by atoms with E-state index in [2.05, 4.69) is 15.0 Å². The van der Waals surface area contributed by atoms with E-state index in [1.165, 1.54) is 13.2 Å². The van der Waals surface area contributed by atoms with Crippen molar-refractivity contribution in [2.45, 2.75) is 37.8 Å². The molecule has 0 spiro atoms. The second-order valence-electron chi connectivity index (χ2n) is 4.88. The van der Waals surface area contributed by atoms with Crippen molar-refractivity contribution in [1.29, 1.82) is 0 Å². The summed E-state index contributed by atoms with van der Waals surface area (Å²) in [6.07, 6.45) is 2.64. The van der Waals surface area contributed by atoms with Gasteiger partial charge in [-0.25, -0.2) is 9.78 Å². The zero-order valence-corrected chi connectivity index (χ0v) is 11.3. The quantitative estimate of drug-likeness (QED) is 0.802. The number of amides is 1. The van der Waals surface area contributed by atoms with Gasteiger partial charge in [0.15, 0.2) is 0 Å². The van der Waals surface area contributed by atoms with E-state index in [0.29, 0.717) is 12.8 Å². The Labute approximate surface area is 117 Å². The van der Waals surface area contributed by atoms with Crippen molar-refractivity contribution in [3.05, 3.63) is 29.6 Å². The Morgan fingerprint density at radius 3 is 2.55 bits per heavy atom. The first-order valence-electron chi connectivity index (χ1n) is 6.64. The molecule has 0 aliphatic heterocycles. The number of methoxy groups -OCH3 is 1. The molecule has 0 atom stereocenters. The lowest BCUT2D eigenvalue weighted by molar-refractivity contribution is 0.0594. The van der Waals surface area contributed by atoms with Crippen LogP contribution in [0.1, 0.15) is 46.7 Å². The van der Waals surface area contributed by atoms with E-state index in [9.17, 15) is 14.7 Å². The van der Waals surface area contributed by atoms with Crippen LogP contribution in [0, 0.1) is 0 Å². The summed E-state index contributed by atoms with van der Waals surface area (Å²) in [4.78, 5) is 27.4. The fraction of sp³-hybridized carbons (Fsp3) is 0.500. The normalized spacial score (nSPS) is 22.1. The number of aliphatic hydroxyl groups excluding tert-OH is 1. The maximum absolute atomic E-state index is 12.1. The molecule has 0 aromatic carbocycles. The minimum absolute atomic E-state index is 0.0504. The maximum atomic E-state index is 12.1. The van der Waals surface area contributed by atoms with Crippen LogP contribution in [0.4, 0.5) is 0 Å². The molecular formula is C14H18N2O4. The van der Waals surface area contributed by atoms with Crippen LogP contribution in [0.15, 0.2) is 18.2 Å². The molecule has 2 N–H and O–H groups in total. The number of aromatic nitrogens is 1. The molecule has 0 bridgehead atoms. The molecule has 6 heteroatoms. The van der Waals surface area contributed by atoms with Gasteiger partial charge in [-0.05, 0) is 37.8 Å². The van der Waals surface area contributed by atoms with Gasteiger partial charge >= 0.3 is 5.97 Å². The Bertz CT molecular complexity index is 496. The van der Waals surface area contributed by atoms with Crippen molar-refractivity contribution in [3.63, 3.8) is 0 Å². The highest BCUT2D eigenvalue weighted by Crippen LogP contribution is 2.18. The first-order valence-corrected chi connectivity index (χ1v) is 6.64. The summed E-state index contributed by atoms with van der Waals surface area (Å²) in [6.45, 7) is 0. The molecule has 0 saturated heterocycles. The van der Waals surface area contributed by atoms with Gasteiger partial charge in [0.05, 0.1) is 13.2 Å². The Kier molecular flexibility index (Phi) is 4.68. The third-order valence-electron chi connectivity index (χ3n) is 3.41. The van der Waals surface area contributed by atoms with Gasteiger partial charge in [0.25, 0.3) is 5.91 Å². The molecule has 1 amide bonds. The highest BCUT2D eigenvalue weighted by atomic mass is 16.5. The van der Waals surface area contributed by atoms with Crippen LogP contribution in [0.25, 0.3) is 0 Å². The number of ether oxygens (including phenoxy) is 1. The van der Waals surface area contributed by atoms with E-state index < -0.39 is 5.97 Å². The number of hydrogen-bond donors (Lipinski definition) is 2. The molecule has 2 rings (SSSR count). The third kappa shape index (κ3) is 3.54. The van der Waals surface area contributed by atoms with E-state index in [1.54, 1.807) is 12.1 Å². The van der Waals surface area contributed by atoms with E-state index in [4.69, 9.17) is 0 Å². The maximum Gasteiger partial charge on any atom is 0.356 e. The topological polar surface area (TPSA) is 88.5 Å². The zero-order valence-electron chi connectivity index (χ0n) is 11.3. The third-order valence-corrected chi connectivity index (χ3v) is 3.41. The zero-order chi connectivity index (χ0) is 14.5. The van der Waals surface area contributed by atoms with Crippen LogP contribution >= 0.6 is 0 Å². The second-order valence-corrected chi connectivity index (χ2v) is 4.88. The summed E-state index contributed by atoms with van der Waals surface area (Å²) in [5, 5.41) is 12.3. The van der Waals surface area contributed by atoms with Gasteiger partial charge in [-0.2, -0.15) is 0 Å². The van der Waals surface area contributed by atoms with E-state index in [-0.39, 0.29) is 29.4 Å². The summed E-state index contributed by atoms with van der Waals surface area (Å²) >= 11 is 0. The smallest absolute Gasteiger partial charge is 0.356 e. The van der Waals surface area contributed by atoms with Crippen molar-refractivity contribution in [1.82, 2.24) is 10.3 Å². The number of hydrogen-bond acceptors (Lipinski definition) is 5. The molecule has 1 saturated carbocycles. The average Bonchev–Trinajstić information content (AvgIpc) is 2.49. The summed E-state index contributed by atoms with van der Waals surface area (Å²) in [6, 6.07) is 4.70. The van der Waals surface area contributed by atoms with Gasteiger partial charge < -0.3 is 15.2 Å². The minimum Gasteiger partial charge on any atom is -0.464 e. The number of aliphatic hydroxyl groups is 1. The number of nitrogens with one attached hydrogen (secondary N) is 1. The lowest BCUT2D eigenvalue weighted by Gasteiger charge is -2.26. The predicted molar refractivity (Wildman–Crippen MR) is 71.3 cm³/mol. The highest BCUT2D eigenvalue weighted by molar-refractivity contribution is 5.94. The van der Waals surface area contributed by atoms with Crippen molar-refractivity contribution in [2.24, 2.45) is 0 Å². The average molecular weight is 278 g/mol. The van der Waals surface area contributed by atoms with Gasteiger partial charge in [-0.1, -0.05) is 6.07 Å². The SMILES string of the molecule is COC(=O)c1cccc(C(=O)NC2CCC(O)CC2)n1. The van der Waals surface area contributed by atoms with Crippen LogP contribution in [-0.4, -0.2) is 41.2 Å². The Morgan fingerprint density at radius 2 is 1.90 bits per heavy atom. The van der Waals surface area contributed by atoms with Gasteiger partial charge in [0.2, 0.25) is 0 Å². The standard InChI is InChI=1S/C14H18N2O4/c1-20-14(19)12-4-2-3-11(16-12)13(18)15-9-5-7-10(17)8-6-9/h2-4,9-10,17H,5-8H2,1H3,(H,15,18). The summed E-state index contributed by atoms with van der Waals surface area (Å²) in [5.74, 6) is -0.877. The Balaban J connectivity index is 2.00. The monoisotopic (exact) mass is 278 g/mol. The van der Waals surface area contributed by atoms with Gasteiger partial charge in [0, 0.05) is 6.04 Å². The Morgan fingerprint density at radius 1 is 1.25 bits per heavy atom. The molecule has 0 radical (unpaired) electrons. The number of pyridine rings is 1. The summed E-state index contributed by atoms with van der Waals surface area (Å²) < 4.78 is 4.57. The minimum atomic E-state index is -0.569. The van der Waals surface area contributed by atoms with Gasteiger partial charge in [0.1, 0.15) is 11.4 Å². The number of esters is 1. The van der Waals surface area contributed by atoms with Crippen LogP contribution in [0.3, 0.4) is 0 Å². The van der Waals surface area contributed by atoms with E-state index in [0.717, 1.165) is 12.8 Å². The molecule has 20 heavy (non-hydrogen) atoms. The first kappa shape index (κ1) is 14.5. The van der Waals surface area contributed by atoms with Crippen LogP contribution < -0.4 is 5.32 Å². The molecule has 1 aliphatic rings. The molecule has 1 fully saturated rings. The number of carbonyl (C=O) groups excluding carboxylic acids is 2. The van der Waals surface area contributed by atoms with Crippen molar-refractivity contribution in [2.75, 3.05) is 7.11 Å². The van der Waals surface area contributed by atoms with Crippen molar-refractivity contribution >= 4 is 11.9 Å². The molecule has 1 aromatic heterocycles. The predicted octanol–water partition coefficient (Wildman–Crippen LogP) is 0.901. The number of carbonyl (C=O) groups is 2. The van der Waals surface area contributed by atoms with Crippen LogP contribution in [0.2, 0.25) is 0 Å². The first-order chi connectivity index (χ1) is 9.60. The van der Waals surface area contributed by atoms with Crippen molar-refractivity contribution < 1.29 is 19.4 Å². The molecule has 0 unspecified atom stereocenters. The lowest BCUT2D eigenvalue weighted by Crippen LogP contribution is -2.39. The van der Waals surface area contributed by atoms with E-state index in [1.807, 2.05) is 0 Å². The van der Waals surface area contributed by atoms with Crippen LogP contribution in [0.5, 0.6) is 0 Å². The summed E-state index contributed by atoms with van der Waals surface area (Å²) in [7, 11) is 1.27. The molecule has 6 nitrogen and oxygen atoms in total. The molecular weight excluding hydrogens is 260 g/mol. The molecule has 1 aromatic rings. The summed E-state index contributed by atoms with van der Waals surface area (Å²) in [5.41, 5.74) is 0.304. The fourth-order valence-electron chi connectivity index (χ4n) is 2.26. The van der Waals surface area contributed by atoms with Gasteiger partial charge in [-0.3, -0.25) is 4.79 Å². The Hall–Kier alpha value is -1.95. The second kappa shape index (κ2) is 6.47.